The summed E-state index contributed by atoms with van der Waals surface area (Å²) in [4.78, 5) is 19.8. The van der Waals surface area contributed by atoms with E-state index >= 15 is 0 Å². The normalized spacial score (nSPS) is 9.54. The summed E-state index contributed by atoms with van der Waals surface area (Å²) < 4.78 is 0.0509. The van der Waals surface area contributed by atoms with Crippen molar-refractivity contribution in [3.05, 3.63) is 39.3 Å². The molecule has 0 amide bonds. The van der Waals surface area contributed by atoms with Gasteiger partial charge in [-0.2, -0.15) is 4.73 Å². The maximum Gasteiger partial charge on any atom is 0.402 e. The SMILES string of the molecule is O=C(O)c1cc([N+](=O)[O-])cc[n+]1[O-]. The standard InChI is InChI=1S/C6H4N2O5/c9-6(10)5-3-4(8(12)13)1-2-7(5)11/h1-3H,(H,9,10). The van der Waals surface area contributed by atoms with E-state index in [-0.39, 0.29) is 4.73 Å². The second-order valence-electron chi connectivity index (χ2n) is 2.16. The summed E-state index contributed by atoms with van der Waals surface area (Å²) in [5.41, 5.74) is -1.10. The van der Waals surface area contributed by atoms with Gasteiger partial charge in [0.25, 0.3) is 5.69 Å². The first-order chi connectivity index (χ1) is 6.02. The fourth-order valence-electron chi connectivity index (χ4n) is 0.746. The van der Waals surface area contributed by atoms with Crippen molar-refractivity contribution in [2.24, 2.45) is 0 Å². The van der Waals surface area contributed by atoms with Crippen LogP contribution in [0.3, 0.4) is 0 Å². The number of carboxylic acid groups (broad SMARTS) is 1. The van der Waals surface area contributed by atoms with Gasteiger partial charge >= 0.3 is 11.7 Å². The lowest BCUT2D eigenvalue weighted by Gasteiger charge is -1.98. The molecule has 0 saturated carbocycles. The van der Waals surface area contributed by atoms with Gasteiger partial charge in [-0.05, 0) is 0 Å². The molecule has 7 heteroatoms. The molecule has 0 aliphatic heterocycles. The first-order valence-electron chi connectivity index (χ1n) is 3.13. The molecule has 0 spiro atoms. The molecule has 0 aliphatic rings. The van der Waals surface area contributed by atoms with Gasteiger partial charge in [0.15, 0.2) is 6.20 Å². The highest BCUT2D eigenvalue weighted by Crippen LogP contribution is 2.09. The Hall–Kier alpha value is -2.18. The van der Waals surface area contributed by atoms with Gasteiger partial charge in [-0.15, -0.1) is 0 Å². The smallest absolute Gasteiger partial charge is 0.402 e. The molecule has 0 atom stereocenters. The number of pyridine rings is 1. The Morgan fingerprint density at radius 1 is 1.62 bits per heavy atom. The number of aromatic carboxylic acids is 1. The number of nitrogens with zero attached hydrogens (tertiary/aromatic N) is 2. The van der Waals surface area contributed by atoms with Crippen molar-refractivity contribution in [3.8, 4) is 0 Å². The fraction of sp³-hybridized carbons (Fsp3) is 0. The summed E-state index contributed by atoms with van der Waals surface area (Å²) >= 11 is 0. The van der Waals surface area contributed by atoms with Gasteiger partial charge in [-0.25, -0.2) is 4.79 Å². The summed E-state index contributed by atoms with van der Waals surface area (Å²) in [5, 5.41) is 29.4. The van der Waals surface area contributed by atoms with Gasteiger partial charge in [0, 0.05) is 0 Å². The molecule has 1 aromatic rings. The molecule has 0 radical (unpaired) electrons. The Morgan fingerprint density at radius 3 is 2.69 bits per heavy atom. The number of hydrogen-bond acceptors (Lipinski definition) is 4. The van der Waals surface area contributed by atoms with Crippen LogP contribution in [0.25, 0.3) is 0 Å². The van der Waals surface area contributed by atoms with Crippen LogP contribution in [0.15, 0.2) is 18.3 Å². The molecule has 0 bridgehead atoms. The third-order valence-corrected chi connectivity index (χ3v) is 1.33. The van der Waals surface area contributed by atoms with Crippen molar-refractivity contribution in [1.82, 2.24) is 0 Å². The Bertz CT molecular complexity index is 375. The zero-order chi connectivity index (χ0) is 10.0. The van der Waals surface area contributed by atoms with Gasteiger partial charge in [0.05, 0.1) is 17.1 Å². The maximum atomic E-state index is 10.7. The van der Waals surface area contributed by atoms with Crippen molar-refractivity contribution >= 4 is 11.7 Å². The minimum Gasteiger partial charge on any atom is -0.618 e. The number of rotatable bonds is 2. The third kappa shape index (κ3) is 1.70. The summed E-state index contributed by atoms with van der Waals surface area (Å²) in [6.07, 6.45) is 0.779. The van der Waals surface area contributed by atoms with Crippen LogP contribution in [0.1, 0.15) is 10.5 Å². The molecule has 7 nitrogen and oxygen atoms in total. The van der Waals surface area contributed by atoms with E-state index in [4.69, 9.17) is 5.11 Å². The van der Waals surface area contributed by atoms with Crippen molar-refractivity contribution in [2.75, 3.05) is 0 Å². The van der Waals surface area contributed by atoms with Crippen LogP contribution in [0.2, 0.25) is 0 Å². The van der Waals surface area contributed by atoms with Crippen molar-refractivity contribution in [1.29, 1.82) is 0 Å². The minimum absolute atomic E-state index is 0.0509. The first-order valence-corrected chi connectivity index (χ1v) is 3.13. The summed E-state index contributed by atoms with van der Waals surface area (Å²) in [7, 11) is 0. The topological polar surface area (TPSA) is 107 Å². The van der Waals surface area contributed by atoms with Crippen molar-refractivity contribution in [2.45, 2.75) is 0 Å². The fourth-order valence-corrected chi connectivity index (χ4v) is 0.746. The van der Waals surface area contributed by atoms with Crippen LogP contribution in [0.5, 0.6) is 0 Å². The van der Waals surface area contributed by atoms with Crippen LogP contribution in [-0.4, -0.2) is 16.0 Å². The molecule has 1 rings (SSSR count). The summed E-state index contributed by atoms with van der Waals surface area (Å²) in [6.45, 7) is 0. The van der Waals surface area contributed by atoms with E-state index < -0.39 is 22.3 Å². The number of hydrogen-bond donors (Lipinski definition) is 1. The average molecular weight is 184 g/mol. The second-order valence-corrected chi connectivity index (χ2v) is 2.16. The Kier molecular flexibility index (Phi) is 2.09. The molecule has 1 heterocycles. The molecule has 1 N–H and O–H groups in total. The molecule has 1 aromatic heterocycles. The van der Waals surface area contributed by atoms with E-state index in [1.165, 1.54) is 0 Å². The Labute approximate surface area is 71.6 Å². The van der Waals surface area contributed by atoms with E-state index in [0.29, 0.717) is 6.07 Å². The van der Waals surface area contributed by atoms with Crippen LogP contribution in [0, 0.1) is 15.3 Å². The van der Waals surface area contributed by atoms with Crippen molar-refractivity contribution in [3.63, 3.8) is 0 Å². The average Bonchev–Trinajstić information content (AvgIpc) is 2.04. The van der Waals surface area contributed by atoms with Gasteiger partial charge in [-0.1, -0.05) is 0 Å². The van der Waals surface area contributed by atoms with Gasteiger partial charge in [0.1, 0.15) is 0 Å². The number of nitro groups is 1. The third-order valence-electron chi connectivity index (χ3n) is 1.33. The van der Waals surface area contributed by atoms with Gasteiger partial charge in [-0.3, -0.25) is 10.1 Å². The lowest BCUT2D eigenvalue weighted by molar-refractivity contribution is -0.609. The van der Waals surface area contributed by atoms with Crippen LogP contribution in [-0.2, 0) is 0 Å². The molecular formula is C6H4N2O5. The molecule has 13 heavy (non-hydrogen) atoms. The minimum atomic E-state index is -1.50. The zero-order valence-electron chi connectivity index (χ0n) is 6.21. The monoisotopic (exact) mass is 184 g/mol. The second kappa shape index (κ2) is 3.05. The van der Waals surface area contributed by atoms with Crippen LogP contribution >= 0.6 is 0 Å². The van der Waals surface area contributed by atoms with E-state index in [1.807, 2.05) is 0 Å². The molecule has 0 aliphatic carbocycles. The Balaban J connectivity index is 3.27. The van der Waals surface area contributed by atoms with Crippen molar-refractivity contribution < 1.29 is 19.6 Å². The van der Waals surface area contributed by atoms with Gasteiger partial charge < -0.3 is 10.3 Å². The molecule has 0 aromatic carbocycles. The number of aromatic nitrogens is 1. The number of carbonyl (C=O) groups is 1. The van der Waals surface area contributed by atoms with Gasteiger partial charge in [0.2, 0.25) is 0 Å². The highest BCUT2D eigenvalue weighted by Gasteiger charge is 2.19. The summed E-state index contributed by atoms with van der Waals surface area (Å²) in [6, 6.07) is 1.63. The molecule has 68 valence electrons. The highest BCUT2D eigenvalue weighted by atomic mass is 16.6. The summed E-state index contributed by atoms with van der Waals surface area (Å²) in [5.74, 6) is -1.50. The van der Waals surface area contributed by atoms with Crippen LogP contribution < -0.4 is 4.73 Å². The lowest BCUT2D eigenvalue weighted by Crippen LogP contribution is -2.33. The van der Waals surface area contributed by atoms with E-state index in [1.54, 1.807) is 0 Å². The quantitative estimate of drug-likeness (QED) is 0.299. The van der Waals surface area contributed by atoms with E-state index in [2.05, 4.69) is 0 Å². The first kappa shape index (κ1) is 8.91. The molecule has 0 unspecified atom stereocenters. The molecule has 0 fully saturated rings. The molecular weight excluding hydrogens is 180 g/mol. The van der Waals surface area contributed by atoms with E-state index in [0.717, 1.165) is 12.3 Å². The predicted octanol–water partition coefficient (Wildman–Crippen LogP) is -0.0736. The highest BCUT2D eigenvalue weighted by molar-refractivity contribution is 5.84. The zero-order valence-corrected chi connectivity index (χ0v) is 6.21. The lowest BCUT2D eigenvalue weighted by atomic mass is 10.3. The number of carboxylic acids is 1. The largest absolute Gasteiger partial charge is 0.618 e. The Morgan fingerprint density at radius 2 is 2.23 bits per heavy atom. The predicted molar refractivity (Wildman–Crippen MR) is 39.0 cm³/mol. The molecule has 0 saturated heterocycles. The van der Waals surface area contributed by atoms with E-state index in [9.17, 15) is 20.1 Å². The maximum absolute atomic E-state index is 10.7. The van der Waals surface area contributed by atoms with Crippen LogP contribution in [0.4, 0.5) is 5.69 Å².